The van der Waals surface area contributed by atoms with E-state index in [1.54, 1.807) is 30.3 Å². The van der Waals surface area contributed by atoms with Crippen molar-refractivity contribution in [2.45, 2.75) is 33.3 Å². The van der Waals surface area contributed by atoms with Gasteiger partial charge in [-0.2, -0.15) is 0 Å². The molecule has 0 aliphatic heterocycles. The van der Waals surface area contributed by atoms with Crippen LogP contribution in [0, 0.1) is 0 Å². The second-order valence-corrected chi connectivity index (χ2v) is 7.82. The van der Waals surface area contributed by atoms with Crippen molar-refractivity contribution in [3.8, 4) is 11.5 Å². The van der Waals surface area contributed by atoms with Gasteiger partial charge in [-0.25, -0.2) is 0 Å². The highest BCUT2D eigenvalue weighted by atomic mass is 79.9. The number of benzene rings is 2. The van der Waals surface area contributed by atoms with Gasteiger partial charge in [0.25, 0.3) is 11.8 Å². The SMILES string of the molecule is CCc1ccc(OCC(=O)NNC(=S)NC(=O)c2ccc(OC(C)C)cc2)c(Br)c1. The van der Waals surface area contributed by atoms with Crippen molar-refractivity contribution >= 4 is 45.1 Å². The van der Waals surface area contributed by atoms with E-state index in [2.05, 4.69) is 39.0 Å². The predicted molar refractivity (Wildman–Crippen MR) is 123 cm³/mol. The molecule has 2 amide bonds. The van der Waals surface area contributed by atoms with Crippen LogP contribution >= 0.6 is 28.1 Å². The highest BCUT2D eigenvalue weighted by molar-refractivity contribution is 9.10. The number of hydrogen-bond acceptors (Lipinski definition) is 5. The van der Waals surface area contributed by atoms with Gasteiger partial charge in [-0.1, -0.05) is 13.0 Å². The minimum atomic E-state index is -0.451. The summed E-state index contributed by atoms with van der Waals surface area (Å²) in [4.78, 5) is 24.1. The van der Waals surface area contributed by atoms with E-state index in [0.717, 1.165) is 16.5 Å². The van der Waals surface area contributed by atoms with Crippen LogP contribution in [0.3, 0.4) is 0 Å². The molecular weight excluding hydrogens is 470 g/mol. The number of amides is 2. The number of thiocarbonyl (C=S) groups is 1. The lowest BCUT2D eigenvalue weighted by atomic mass is 10.2. The third-order valence-electron chi connectivity index (χ3n) is 3.79. The molecule has 0 fully saturated rings. The Balaban J connectivity index is 1.75. The van der Waals surface area contributed by atoms with E-state index in [1.165, 1.54) is 0 Å². The van der Waals surface area contributed by atoms with E-state index in [0.29, 0.717) is 17.1 Å². The Hall–Kier alpha value is -2.65. The number of aryl methyl sites for hydroxylation is 1. The molecule has 7 nitrogen and oxygen atoms in total. The molecule has 0 aliphatic rings. The molecule has 0 saturated heterocycles. The number of ether oxygens (including phenoxy) is 2. The topological polar surface area (TPSA) is 88.7 Å². The zero-order valence-corrected chi connectivity index (χ0v) is 19.4. The van der Waals surface area contributed by atoms with E-state index < -0.39 is 11.8 Å². The van der Waals surface area contributed by atoms with Crippen LogP contribution < -0.4 is 25.6 Å². The second-order valence-electron chi connectivity index (χ2n) is 6.55. The zero-order valence-electron chi connectivity index (χ0n) is 17.0. The van der Waals surface area contributed by atoms with Crippen LogP contribution in [0.1, 0.15) is 36.7 Å². The molecule has 3 N–H and O–H groups in total. The number of halogens is 1. The average molecular weight is 494 g/mol. The minimum Gasteiger partial charge on any atom is -0.491 e. The Labute approximate surface area is 189 Å². The Kier molecular flexibility index (Phi) is 9.07. The maximum atomic E-state index is 12.2. The lowest BCUT2D eigenvalue weighted by Gasteiger charge is -2.13. The molecule has 2 aromatic rings. The van der Waals surface area contributed by atoms with Gasteiger partial charge in [-0.3, -0.25) is 25.8 Å². The first kappa shape index (κ1) is 23.6. The van der Waals surface area contributed by atoms with Crippen LogP contribution in [-0.2, 0) is 11.2 Å². The van der Waals surface area contributed by atoms with Crippen molar-refractivity contribution in [2.75, 3.05) is 6.61 Å². The summed E-state index contributed by atoms with van der Waals surface area (Å²) in [6.45, 7) is 5.68. The number of carbonyl (C=O) groups excluding carboxylic acids is 2. The van der Waals surface area contributed by atoms with Gasteiger partial charge in [0.05, 0.1) is 10.6 Å². The fraction of sp³-hybridized carbons (Fsp3) is 0.286. The third-order valence-corrected chi connectivity index (χ3v) is 4.62. The van der Waals surface area contributed by atoms with Crippen LogP contribution in [0.5, 0.6) is 11.5 Å². The molecule has 0 atom stereocenters. The highest BCUT2D eigenvalue weighted by Crippen LogP contribution is 2.26. The summed E-state index contributed by atoms with van der Waals surface area (Å²) in [6, 6.07) is 12.3. The lowest BCUT2D eigenvalue weighted by Crippen LogP contribution is -2.49. The van der Waals surface area contributed by atoms with Crippen molar-refractivity contribution in [1.82, 2.24) is 16.2 Å². The monoisotopic (exact) mass is 493 g/mol. The van der Waals surface area contributed by atoms with Gasteiger partial charge in [0.1, 0.15) is 11.5 Å². The van der Waals surface area contributed by atoms with E-state index in [-0.39, 0.29) is 17.8 Å². The molecular formula is C21H24BrN3O4S. The summed E-state index contributed by atoms with van der Waals surface area (Å²) in [5.41, 5.74) is 6.41. The van der Waals surface area contributed by atoms with Crippen molar-refractivity contribution < 1.29 is 19.1 Å². The summed E-state index contributed by atoms with van der Waals surface area (Å²) >= 11 is 8.44. The molecule has 0 aliphatic carbocycles. The third kappa shape index (κ3) is 7.64. The number of nitrogens with one attached hydrogen (secondary N) is 3. The molecule has 0 heterocycles. The average Bonchev–Trinajstić information content (AvgIpc) is 2.71. The molecule has 30 heavy (non-hydrogen) atoms. The van der Waals surface area contributed by atoms with Crippen LogP contribution in [0.2, 0.25) is 0 Å². The van der Waals surface area contributed by atoms with Crippen LogP contribution in [0.25, 0.3) is 0 Å². The van der Waals surface area contributed by atoms with Gasteiger partial charge < -0.3 is 9.47 Å². The number of hydrogen-bond donors (Lipinski definition) is 3. The van der Waals surface area contributed by atoms with Gasteiger partial charge in [0.2, 0.25) is 0 Å². The fourth-order valence-electron chi connectivity index (χ4n) is 2.35. The van der Waals surface area contributed by atoms with E-state index in [1.807, 2.05) is 26.0 Å². The summed E-state index contributed by atoms with van der Waals surface area (Å²) < 4.78 is 11.8. The minimum absolute atomic E-state index is 0.0377. The number of hydrazine groups is 1. The quantitative estimate of drug-likeness (QED) is 0.404. The molecule has 160 valence electrons. The van der Waals surface area contributed by atoms with Crippen molar-refractivity contribution in [3.63, 3.8) is 0 Å². The second kappa shape index (κ2) is 11.5. The first-order valence-electron chi connectivity index (χ1n) is 9.36. The molecule has 0 saturated carbocycles. The van der Waals surface area contributed by atoms with E-state index in [9.17, 15) is 9.59 Å². The largest absolute Gasteiger partial charge is 0.491 e. The Morgan fingerprint density at radius 1 is 1.10 bits per heavy atom. The molecule has 2 aromatic carbocycles. The van der Waals surface area contributed by atoms with Crippen LogP contribution in [0.15, 0.2) is 46.9 Å². The van der Waals surface area contributed by atoms with Gasteiger partial charge in [-0.05, 0) is 90.4 Å². The van der Waals surface area contributed by atoms with Gasteiger partial charge >= 0.3 is 0 Å². The summed E-state index contributed by atoms with van der Waals surface area (Å²) in [6.07, 6.45) is 0.952. The van der Waals surface area contributed by atoms with Crippen LogP contribution in [0.4, 0.5) is 0 Å². The van der Waals surface area contributed by atoms with E-state index in [4.69, 9.17) is 21.7 Å². The molecule has 0 spiro atoms. The maximum absolute atomic E-state index is 12.2. The molecule has 2 rings (SSSR count). The van der Waals surface area contributed by atoms with Gasteiger partial charge in [0, 0.05) is 5.56 Å². The maximum Gasteiger partial charge on any atom is 0.276 e. The first-order valence-corrected chi connectivity index (χ1v) is 10.6. The number of rotatable bonds is 7. The Morgan fingerprint density at radius 2 is 1.80 bits per heavy atom. The first-order chi connectivity index (χ1) is 14.3. The molecule has 0 bridgehead atoms. The fourth-order valence-corrected chi connectivity index (χ4v) is 3.04. The molecule has 0 unspecified atom stereocenters. The number of carbonyl (C=O) groups is 2. The molecule has 0 aromatic heterocycles. The van der Waals surface area contributed by atoms with Crippen molar-refractivity contribution in [1.29, 1.82) is 0 Å². The summed E-state index contributed by atoms with van der Waals surface area (Å²) in [5, 5.41) is 2.45. The van der Waals surface area contributed by atoms with Crippen molar-refractivity contribution in [2.24, 2.45) is 0 Å². The highest BCUT2D eigenvalue weighted by Gasteiger charge is 2.10. The smallest absolute Gasteiger partial charge is 0.276 e. The van der Waals surface area contributed by atoms with Crippen LogP contribution in [-0.4, -0.2) is 29.6 Å². The zero-order chi connectivity index (χ0) is 22.1. The van der Waals surface area contributed by atoms with Crippen molar-refractivity contribution in [3.05, 3.63) is 58.1 Å². The summed E-state index contributed by atoms with van der Waals surface area (Å²) in [7, 11) is 0. The van der Waals surface area contributed by atoms with Gasteiger partial charge in [-0.15, -0.1) is 0 Å². The Morgan fingerprint density at radius 3 is 2.40 bits per heavy atom. The molecule has 0 radical (unpaired) electrons. The van der Waals surface area contributed by atoms with E-state index >= 15 is 0 Å². The normalized spacial score (nSPS) is 10.3. The molecule has 9 heteroatoms. The standard InChI is InChI=1S/C21H24BrN3O4S/c1-4-14-5-10-18(17(22)11-14)28-12-19(26)24-25-21(30)23-20(27)15-6-8-16(9-7-15)29-13(2)3/h5-11,13H,4,12H2,1-3H3,(H,24,26)(H2,23,25,27,30). The predicted octanol–water partition coefficient (Wildman–Crippen LogP) is 3.51. The summed E-state index contributed by atoms with van der Waals surface area (Å²) in [5.74, 6) is 0.371. The van der Waals surface area contributed by atoms with Gasteiger partial charge in [0.15, 0.2) is 11.7 Å². The Bertz CT molecular complexity index is 904. The lowest BCUT2D eigenvalue weighted by molar-refractivity contribution is -0.123.